The summed E-state index contributed by atoms with van der Waals surface area (Å²) >= 11 is 0. The number of carboxylic acid groups (broad SMARTS) is 1. The van der Waals surface area contributed by atoms with Gasteiger partial charge >= 0.3 is 5.97 Å². The van der Waals surface area contributed by atoms with E-state index in [4.69, 9.17) is 5.11 Å². The molecule has 2 aliphatic rings. The second kappa shape index (κ2) is 6.66. The minimum Gasteiger partial charge on any atom is -0.480 e. The van der Waals surface area contributed by atoms with Gasteiger partial charge in [-0.3, -0.25) is 19.5 Å². The number of rotatable bonds is 7. The maximum absolute atomic E-state index is 12.2. The van der Waals surface area contributed by atoms with E-state index in [2.05, 4.69) is 15.2 Å². The van der Waals surface area contributed by atoms with Crippen LogP contribution >= 0.6 is 0 Å². The van der Waals surface area contributed by atoms with Gasteiger partial charge in [-0.1, -0.05) is 0 Å². The number of hydrogen-bond donors (Lipinski definition) is 2. The SMILES string of the molecule is Cc1cncc(C(=O)NC2CC(N(CC(=O)O)CC3CC3)C2)c1. The van der Waals surface area contributed by atoms with Crippen LogP contribution in [0.25, 0.3) is 0 Å². The van der Waals surface area contributed by atoms with Crippen molar-refractivity contribution in [1.29, 1.82) is 0 Å². The van der Waals surface area contributed by atoms with Crippen LogP contribution in [-0.4, -0.2) is 52.0 Å². The molecule has 2 N–H and O–H groups in total. The first-order chi connectivity index (χ1) is 11.0. The highest BCUT2D eigenvalue weighted by Crippen LogP contribution is 2.33. The van der Waals surface area contributed by atoms with Gasteiger partial charge in [0.2, 0.25) is 0 Å². The second-order valence-electron chi connectivity index (χ2n) is 6.81. The minimum absolute atomic E-state index is 0.100. The Morgan fingerprint density at radius 1 is 1.35 bits per heavy atom. The van der Waals surface area contributed by atoms with Crippen LogP contribution in [0.15, 0.2) is 18.5 Å². The molecule has 0 aromatic carbocycles. The molecule has 2 aliphatic carbocycles. The second-order valence-corrected chi connectivity index (χ2v) is 6.81. The molecule has 0 spiro atoms. The molecule has 1 amide bonds. The molecule has 2 fully saturated rings. The first-order valence-electron chi connectivity index (χ1n) is 8.19. The molecule has 2 saturated carbocycles. The lowest BCUT2D eigenvalue weighted by Gasteiger charge is -2.42. The van der Waals surface area contributed by atoms with Gasteiger partial charge in [0.25, 0.3) is 5.91 Å². The molecule has 0 radical (unpaired) electrons. The summed E-state index contributed by atoms with van der Waals surface area (Å²) in [7, 11) is 0. The number of aryl methyl sites for hydroxylation is 1. The van der Waals surface area contributed by atoms with Crippen molar-refractivity contribution >= 4 is 11.9 Å². The van der Waals surface area contributed by atoms with Crippen molar-refractivity contribution in [2.75, 3.05) is 13.1 Å². The quantitative estimate of drug-likeness (QED) is 0.795. The largest absolute Gasteiger partial charge is 0.480 e. The van der Waals surface area contributed by atoms with Gasteiger partial charge < -0.3 is 10.4 Å². The normalized spacial score (nSPS) is 23.4. The molecule has 1 aromatic heterocycles. The van der Waals surface area contributed by atoms with Crippen molar-refractivity contribution in [1.82, 2.24) is 15.2 Å². The summed E-state index contributed by atoms with van der Waals surface area (Å²) in [5, 5.41) is 12.1. The predicted octanol–water partition coefficient (Wildman–Crippen LogP) is 1.45. The van der Waals surface area contributed by atoms with Crippen molar-refractivity contribution in [3.8, 4) is 0 Å². The van der Waals surface area contributed by atoms with E-state index >= 15 is 0 Å². The van der Waals surface area contributed by atoms with Crippen LogP contribution in [0.2, 0.25) is 0 Å². The number of carbonyl (C=O) groups excluding carboxylic acids is 1. The van der Waals surface area contributed by atoms with Gasteiger partial charge in [-0.25, -0.2) is 0 Å². The number of aromatic nitrogens is 1. The Labute approximate surface area is 135 Å². The van der Waals surface area contributed by atoms with E-state index in [1.54, 1.807) is 12.4 Å². The van der Waals surface area contributed by atoms with Crippen LogP contribution in [0.3, 0.4) is 0 Å². The summed E-state index contributed by atoms with van der Waals surface area (Å²) < 4.78 is 0. The van der Waals surface area contributed by atoms with Gasteiger partial charge in [0, 0.05) is 31.0 Å². The average molecular weight is 317 g/mol. The van der Waals surface area contributed by atoms with E-state index in [-0.39, 0.29) is 24.5 Å². The summed E-state index contributed by atoms with van der Waals surface area (Å²) in [5.41, 5.74) is 1.54. The van der Waals surface area contributed by atoms with Gasteiger partial charge in [0.05, 0.1) is 12.1 Å². The molecule has 6 nitrogen and oxygen atoms in total. The number of aliphatic carboxylic acids is 1. The van der Waals surface area contributed by atoms with E-state index < -0.39 is 5.97 Å². The maximum atomic E-state index is 12.2. The molecule has 0 aliphatic heterocycles. The van der Waals surface area contributed by atoms with Gasteiger partial charge in [0.15, 0.2) is 0 Å². The van der Waals surface area contributed by atoms with Gasteiger partial charge in [0.1, 0.15) is 0 Å². The molecule has 0 saturated heterocycles. The van der Waals surface area contributed by atoms with E-state index in [1.807, 2.05) is 13.0 Å². The summed E-state index contributed by atoms with van der Waals surface area (Å²) in [6, 6.07) is 2.22. The molecule has 0 atom stereocenters. The van der Waals surface area contributed by atoms with Crippen LogP contribution < -0.4 is 5.32 Å². The average Bonchev–Trinajstić information content (AvgIpc) is 3.25. The number of carboxylic acids is 1. The van der Waals surface area contributed by atoms with Crippen molar-refractivity contribution in [2.24, 2.45) is 5.92 Å². The van der Waals surface area contributed by atoms with Crippen molar-refractivity contribution in [3.05, 3.63) is 29.6 Å². The number of carbonyl (C=O) groups is 2. The summed E-state index contributed by atoms with van der Waals surface area (Å²) in [6.45, 7) is 2.88. The predicted molar refractivity (Wildman–Crippen MR) is 85.2 cm³/mol. The fourth-order valence-corrected chi connectivity index (χ4v) is 3.10. The van der Waals surface area contributed by atoms with Crippen LogP contribution in [0.5, 0.6) is 0 Å². The Kier molecular flexibility index (Phi) is 4.61. The molecular formula is C17H23N3O3. The van der Waals surface area contributed by atoms with Crippen LogP contribution in [0.1, 0.15) is 41.6 Å². The van der Waals surface area contributed by atoms with Crippen LogP contribution in [-0.2, 0) is 4.79 Å². The topological polar surface area (TPSA) is 82.5 Å². The number of pyridine rings is 1. The van der Waals surface area contributed by atoms with Crippen LogP contribution in [0, 0.1) is 12.8 Å². The first kappa shape index (κ1) is 15.9. The smallest absolute Gasteiger partial charge is 0.317 e. The summed E-state index contributed by atoms with van der Waals surface area (Å²) in [6.07, 6.45) is 7.36. The fraction of sp³-hybridized carbons (Fsp3) is 0.588. The number of amides is 1. The molecule has 124 valence electrons. The van der Waals surface area contributed by atoms with E-state index in [1.165, 1.54) is 12.8 Å². The molecule has 3 rings (SSSR count). The standard InChI is InChI=1S/C17H23N3O3/c1-11-4-13(8-18-7-11)17(23)19-14-5-15(6-14)20(10-16(21)22)9-12-2-3-12/h4,7-8,12,14-15H,2-3,5-6,9-10H2,1H3,(H,19,23)(H,21,22). The Hall–Kier alpha value is -1.95. The van der Waals surface area contributed by atoms with E-state index in [0.29, 0.717) is 11.5 Å². The highest BCUT2D eigenvalue weighted by molar-refractivity contribution is 5.94. The van der Waals surface area contributed by atoms with Gasteiger partial charge in [-0.2, -0.15) is 0 Å². The first-order valence-corrected chi connectivity index (χ1v) is 8.19. The van der Waals surface area contributed by atoms with Gasteiger partial charge in [-0.05, 0) is 50.2 Å². The Balaban J connectivity index is 1.49. The zero-order valence-corrected chi connectivity index (χ0v) is 13.4. The number of hydrogen-bond acceptors (Lipinski definition) is 4. The third-order valence-corrected chi connectivity index (χ3v) is 4.63. The third kappa shape index (κ3) is 4.28. The maximum Gasteiger partial charge on any atom is 0.317 e. The lowest BCUT2D eigenvalue weighted by molar-refractivity contribution is -0.139. The Morgan fingerprint density at radius 2 is 2.09 bits per heavy atom. The van der Waals surface area contributed by atoms with Crippen molar-refractivity contribution in [3.63, 3.8) is 0 Å². The van der Waals surface area contributed by atoms with Crippen LogP contribution in [0.4, 0.5) is 0 Å². The van der Waals surface area contributed by atoms with E-state index in [0.717, 1.165) is 24.9 Å². The zero-order valence-electron chi connectivity index (χ0n) is 13.4. The lowest BCUT2D eigenvalue weighted by Crippen LogP contribution is -2.55. The van der Waals surface area contributed by atoms with E-state index in [9.17, 15) is 9.59 Å². The van der Waals surface area contributed by atoms with Crippen molar-refractivity contribution in [2.45, 2.75) is 44.7 Å². The molecule has 1 heterocycles. The summed E-state index contributed by atoms with van der Waals surface area (Å²) in [5.74, 6) is -0.207. The zero-order chi connectivity index (χ0) is 16.4. The molecular weight excluding hydrogens is 294 g/mol. The molecule has 6 heteroatoms. The number of nitrogens with zero attached hydrogens (tertiary/aromatic N) is 2. The van der Waals surface area contributed by atoms with Crippen molar-refractivity contribution < 1.29 is 14.7 Å². The van der Waals surface area contributed by atoms with Gasteiger partial charge in [-0.15, -0.1) is 0 Å². The lowest BCUT2D eigenvalue weighted by atomic mass is 9.85. The fourth-order valence-electron chi connectivity index (χ4n) is 3.10. The third-order valence-electron chi connectivity index (χ3n) is 4.63. The molecule has 23 heavy (non-hydrogen) atoms. The highest BCUT2D eigenvalue weighted by atomic mass is 16.4. The molecule has 1 aromatic rings. The Bertz CT molecular complexity index is 595. The molecule has 0 bridgehead atoms. The molecule has 0 unspecified atom stereocenters. The highest BCUT2D eigenvalue weighted by Gasteiger charge is 2.37. The summed E-state index contributed by atoms with van der Waals surface area (Å²) in [4.78, 5) is 29.3. The Morgan fingerprint density at radius 3 is 2.70 bits per heavy atom. The monoisotopic (exact) mass is 317 g/mol. The number of nitrogens with one attached hydrogen (secondary N) is 1. The minimum atomic E-state index is -0.774.